The standard InChI is InChI=1S/C44H53N9O7S/c1-49-40-35(5-4-6-36(40)53(43(49)57)37-11-12-39(54)47-42(37)56)51-19-15-44(16-20-51)13-17-50(18-14-44)26-28-7-9-31(10-8-28)52-27-30-22-34(38(60-2)23-33(30)48-52)46-41(55)29-21-32(25-45-24-29)61(3,58)59/h4-6,21-25,27-28,31,37H,7-20,26H2,1-3H3,(H,46,55)(H,47,54,56). The molecule has 1 saturated carbocycles. The van der Waals surface area contributed by atoms with E-state index in [9.17, 15) is 27.6 Å². The number of benzene rings is 2. The molecule has 1 atom stereocenters. The maximum Gasteiger partial charge on any atom is 0.329 e. The van der Waals surface area contributed by atoms with Crippen molar-refractivity contribution >= 4 is 60.9 Å². The molecule has 6 heterocycles. The highest BCUT2D eigenvalue weighted by Crippen LogP contribution is 2.44. The van der Waals surface area contributed by atoms with Gasteiger partial charge in [-0.15, -0.1) is 0 Å². The van der Waals surface area contributed by atoms with Gasteiger partial charge in [0.25, 0.3) is 5.91 Å². The molecule has 16 nitrogen and oxygen atoms in total. The summed E-state index contributed by atoms with van der Waals surface area (Å²) < 4.78 is 34.9. The number of rotatable bonds is 9. The fraction of sp³-hybridized carbons (Fsp3) is 0.500. The second-order valence-corrected chi connectivity index (χ2v) is 19.7. The molecule has 1 aliphatic carbocycles. The summed E-state index contributed by atoms with van der Waals surface area (Å²) in [5.41, 5.74) is 4.06. The van der Waals surface area contributed by atoms with Crippen LogP contribution in [0.1, 0.15) is 86.6 Å². The van der Waals surface area contributed by atoms with Crippen LogP contribution in [0.4, 0.5) is 11.4 Å². The van der Waals surface area contributed by atoms with Gasteiger partial charge in [-0.2, -0.15) is 5.10 Å². The van der Waals surface area contributed by atoms with Gasteiger partial charge in [0.1, 0.15) is 11.8 Å². The number of hydrogen-bond acceptors (Lipinski definition) is 11. The number of carbonyl (C=O) groups is 3. The number of carbonyl (C=O) groups excluding carboxylic acids is 3. The molecule has 9 rings (SSSR count). The summed E-state index contributed by atoms with van der Waals surface area (Å²) in [6.45, 7) is 5.20. The first-order chi connectivity index (χ1) is 29.3. The summed E-state index contributed by atoms with van der Waals surface area (Å²) >= 11 is 0. The van der Waals surface area contributed by atoms with Crippen molar-refractivity contribution in [2.45, 2.75) is 81.2 Å². The van der Waals surface area contributed by atoms with E-state index >= 15 is 0 Å². The minimum atomic E-state index is -3.52. The van der Waals surface area contributed by atoms with E-state index in [4.69, 9.17) is 9.84 Å². The summed E-state index contributed by atoms with van der Waals surface area (Å²) in [6, 6.07) is 10.5. The maximum atomic E-state index is 13.5. The number of piperidine rings is 3. The number of sulfone groups is 1. The number of methoxy groups -OCH3 is 1. The molecule has 4 fully saturated rings. The highest BCUT2D eigenvalue weighted by molar-refractivity contribution is 7.90. The number of nitrogens with one attached hydrogen (secondary N) is 2. The largest absolute Gasteiger partial charge is 0.494 e. The Bertz CT molecular complexity index is 2700. The number of aromatic nitrogens is 5. The molecule has 17 heteroatoms. The first-order valence-electron chi connectivity index (χ1n) is 21.3. The molecule has 5 aromatic rings. The molecule has 3 aliphatic heterocycles. The van der Waals surface area contributed by atoms with E-state index in [-0.39, 0.29) is 34.5 Å². The molecular formula is C44H53N9O7S. The Labute approximate surface area is 354 Å². The summed E-state index contributed by atoms with van der Waals surface area (Å²) in [4.78, 5) is 60.2. The quantitative estimate of drug-likeness (QED) is 0.194. The second-order valence-electron chi connectivity index (χ2n) is 17.6. The van der Waals surface area contributed by atoms with Crippen molar-refractivity contribution in [2.75, 3.05) is 56.3 Å². The van der Waals surface area contributed by atoms with Crippen molar-refractivity contribution < 1.29 is 27.5 Å². The minimum Gasteiger partial charge on any atom is -0.494 e. The molecule has 3 saturated heterocycles. The van der Waals surface area contributed by atoms with Gasteiger partial charge in [0, 0.05) is 69.4 Å². The SMILES string of the molecule is COc1cc2nn(C3CCC(CN4CCC5(CC4)CCN(c4cccc6c4n(C)c(=O)n6C4CCC(=O)NC4=O)CC5)CC3)cc2cc1NC(=O)c1cncc(S(C)(=O)=O)c1. The average Bonchev–Trinajstić information content (AvgIpc) is 3.78. The molecule has 3 aromatic heterocycles. The van der Waals surface area contributed by atoms with E-state index in [2.05, 4.69) is 36.2 Å². The molecule has 322 valence electrons. The summed E-state index contributed by atoms with van der Waals surface area (Å²) in [6.07, 6.45) is 15.2. The van der Waals surface area contributed by atoms with E-state index in [0.717, 1.165) is 105 Å². The van der Waals surface area contributed by atoms with E-state index in [1.807, 2.05) is 30.5 Å². The number of fused-ring (bicyclic) bond motifs is 2. The second kappa shape index (κ2) is 16.0. The van der Waals surface area contributed by atoms with Gasteiger partial charge in [-0.3, -0.25) is 38.5 Å². The normalized spacial score (nSPS) is 22.5. The van der Waals surface area contributed by atoms with Crippen LogP contribution in [0.15, 0.2) is 64.7 Å². The van der Waals surface area contributed by atoms with Crippen molar-refractivity contribution in [2.24, 2.45) is 18.4 Å². The number of imidazole rings is 1. The Morgan fingerprint density at radius 2 is 1.70 bits per heavy atom. The third-order valence-corrected chi connectivity index (χ3v) is 15.0. The molecule has 2 aromatic carbocycles. The van der Waals surface area contributed by atoms with E-state index in [1.54, 1.807) is 16.2 Å². The molecule has 4 aliphatic rings. The van der Waals surface area contributed by atoms with E-state index in [0.29, 0.717) is 29.2 Å². The molecule has 0 bridgehead atoms. The topological polar surface area (TPSA) is 183 Å². The number of ether oxygens (including phenoxy) is 1. The van der Waals surface area contributed by atoms with Gasteiger partial charge >= 0.3 is 5.69 Å². The lowest BCUT2D eigenvalue weighted by Gasteiger charge is -2.48. The van der Waals surface area contributed by atoms with Crippen molar-refractivity contribution in [3.05, 3.63) is 71.0 Å². The molecule has 0 radical (unpaired) electrons. The van der Waals surface area contributed by atoms with Gasteiger partial charge in [-0.1, -0.05) is 6.07 Å². The zero-order chi connectivity index (χ0) is 42.6. The Morgan fingerprint density at radius 3 is 2.41 bits per heavy atom. The Kier molecular flexibility index (Phi) is 10.7. The van der Waals surface area contributed by atoms with E-state index in [1.165, 1.54) is 38.4 Å². The lowest BCUT2D eigenvalue weighted by Crippen LogP contribution is -2.48. The summed E-state index contributed by atoms with van der Waals surface area (Å²) in [7, 11) is -0.211. The molecule has 1 spiro atoms. The zero-order valence-electron chi connectivity index (χ0n) is 34.9. The smallest absolute Gasteiger partial charge is 0.329 e. The summed E-state index contributed by atoms with van der Waals surface area (Å²) in [5.74, 6) is -0.0939. The number of para-hydroxylation sites is 1. The van der Waals surface area contributed by atoms with Gasteiger partial charge < -0.3 is 19.9 Å². The number of amides is 3. The highest BCUT2D eigenvalue weighted by atomic mass is 32.2. The Hall–Kier alpha value is -5.55. The number of anilines is 2. The highest BCUT2D eigenvalue weighted by Gasteiger charge is 2.39. The number of likely N-dealkylation sites (tertiary alicyclic amines) is 1. The van der Waals surface area contributed by atoms with Crippen molar-refractivity contribution in [3.63, 3.8) is 0 Å². The number of pyridine rings is 1. The molecular weight excluding hydrogens is 799 g/mol. The average molecular weight is 852 g/mol. The van der Waals surface area contributed by atoms with Gasteiger partial charge in [0.15, 0.2) is 9.84 Å². The van der Waals surface area contributed by atoms with Crippen molar-refractivity contribution in [1.82, 2.24) is 34.1 Å². The number of imide groups is 1. The molecule has 61 heavy (non-hydrogen) atoms. The van der Waals surface area contributed by atoms with Crippen LogP contribution in [0.3, 0.4) is 0 Å². The number of hydrogen-bond donors (Lipinski definition) is 2. The van der Waals surface area contributed by atoms with Gasteiger partial charge in [-0.25, -0.2) is 13.2 Å². The zero-order valence-corrected chi connectivity index (χ0v) is 35.7. The first kappa shape index (κ1) is 40.8. The first-order valence-corrected chi connectivity index (χ1v) is 23.2. The van der Waals surface area contributed by atoms with Crippen LogP contribution in [0.2, 0.25) is 0 Å². The number of nitrogens with zero attached hydrogens (tertiary/aromatic N) is 7. The van der Waals surface area contributed by atoms with Crippen LogP contribution in [-0.4, -0.2) is 101 Å². The predicted molar refractivity (Wildman–Crippen MR) is 231 cm³/mol. The third-order valence-electron chi connectivity index (χ3n) is 13.9. The third kappa shape index (κ3) is 7.93. The monoisotopic (exact) mass is 851 g/mol. The molecule has 1 unspecified atom stereocenters. The number of aryl methyl sites for hydroxylation is 1. The minimum absolute atomic E-state index is 0.0260. The fourth-order valence-corrected chi connectivity index (χ4v) is 10.9. The van der Waals surface area contributed by atoms with Crippen molar-refractivity contribution in [1.29, 1.82) is 0 Å². The van der Waals surface area contributed by atoms with Crippen LogP contribution in [0.25, 0.3) is 21.9 Å². The van der Waals surface area contributed by atoms with E-state index < -0.39 is 27.7 Å². The lowest BCUT2D eigenvalue weighted by atomic mass is 9.71. The summed E-state index contributed by atoms with van der Waals surface area (Å²) in [5, 5.41) is 11.1. The van der Waals surface area contributed by atoms with Crippen LogP contribution < -0.4 is 26.0 Å². The Morgan fingerprint density at radius 1 is 0.967 bits per heavy atom. The van der Waals surface area contributed by atoms with Gasteiger partial charge in [-0.05, 0) is 106 Å². The molecule has 3 amide bonds. The lowest BCUT2D eigenvalue weighted by molar-refractivity contribution is -0.135. The van der Waals surface area contributed by atoms with Crippen molar-refractivity contribution in [3.8, 4) is 5.75 Å². The van der Waals surface area contributed by atoms with Crippen LogP contribution in [-0.2, 0) is 26.5 Å². The fourth-order valence-electron chi connectivity index (χ4n) is 10.3. The van der Waals surface area contributed by atoms with Gasteiger partial charge in [0.2, 0.25) is 11.8 Å². The van der Waals surface area contributed by atoms with Crippen LogP contribution in [0.5, 0.6) is 5.75 Å². The van der Waals surface area contributed by atoms with Gasteiger partial charge in [0.05, 0.1) is 51.5 Å². The Balaban J connectivity index is 0.777. The maximum absolute atomic E-state index is 13.5. The van der Waals surface area contributed by atoms with Crippen LogP contribution in [0, 0.1) is 11.3 Å². The van der Waals surface area contributed by atoms with Crippen LogP contribution >= 0.6 is 0 Å². The molecule has 2 N–H and O–H groups in total. The predicted octanol–water partition coefficient (Wildman–Crippen LogP) is 4.84.